The van der Waals surface area contributed by atoms with Gasteiger partial charge < -0.3 is 10.6 Å². The van der Waals surface area contributed by atoms with Gasteiger partial charge in [0, 0.05) is 23.8 Å². The topological polar surface area (TPSA) is 66.9 Å². The molecule has 5 unspecified atom stereocenters. The second-order valence-electron chi connectivity index (χ2n) is 10.3. The van der Waals surface area contributed by atoms with Gasteiger partial charge in [0.25, 0.3) is 5.91 Å². The van der Waals surface area contributed by atoms with Crippen molar-refractivity contribution in [2.75, 3.05) is 5.32 Å². The normalized spacial score (nSPS) is 27.2. The molecule has 5 rings (SSSR count). The third kappa shape index (κ3) is 4.07. The van der Waals surface area contributed by atoms with Crippen LogP contribution in [0.2, 0.25) is 0 Å². The maximum Gasteiger partial charge on any atom is 0.255 e. The molecule has 1 aromatic heterocycles. The highest BCUT2D eigenvalue weighted by atomic mass is 16.1. The lowest BCUT2D eigenvalue weighted by atomic mass is 9.45. The SMILES string of the molecule is CCC(C)NC(=O)c1cnc(NC2CC3CC(C2C)C3(C)C)nc1-c1ccc(C)cc1. The molecule has 0 aliphatic heterocycles. The first-order chi connectivity index (χ1) is 14.7. The number of anilines is 1. The van der Waals surface area contributed by atoms with E-state index in [4.69, 9.17) is 4.98 Å². The number of aryl methyl sites for hydroxylation is 1. The molecule has 3 saturated carbocycles. The third-order valence-electron chi connectivity index (χ3n) is 8.02. The molecule has 1 amide bonds. The Morgan fingerprint density at radius 2 is 1.94 bits per heavy atom. The van der Waals surface area contributed by atoms with Crippen molar-refractivity contribution in [1.29, 1.82) is 0 Å². The van der Waals surface area contributed by atoms with Crippen molar-refractivity contribution in [3.05, 3.63) is 41.6 Å². The lowest BCUT2D eigenvalue weighted by molar-refractivity contribution is -0.105. The van der Waals surface area contributed by atoms with Crippen molar-refractivity contribution in [2.24, 2.45) is 23.2 Å². The van der Waals surface area contributed by atoms with Crippen LogP contribution in [0.25, 0.3) is 11.3 Å². The second kappa shape index (κ2) is 8.25. The van der Waals surface area contributed by atoms with E-state index in [2.05, 4.69) is 62.4 Å². The molecule has 0 saturated heterocycles. The zero-order chi connectivity index (χ0) is 22.3. The van der Waals surface area contributed by atoms with Crippen LogP contribution in [0.15, 0.2) is 30.5 Å². The number of carbonyl (C=O) groups excluding carboxylic acids is 1. The molecule has 3 aliphatic carbocycles. The number of amides is 1. The summed E-state index contributed by atoms with van der Waals surface area (Å²) in [6.07, 6.45) is 5.06. The quantitative estimate of drug-likeness (QED) is 0.651. The van der Waals surface area contributed by atoms with Crippen LogP contribution in [-0.4, -0.2) is 28.0 Å². The van der Waals surface area contributed by atoms with Crippen LogP contribution in [0, 0.1) is 30.1 Å². The van der Waals surface area contributed by atoms with E-state index in [-0.39, 0.29) is 11.9 Å². The Balaban J connectivity index is 1.62. The lowest BCUT2D eigenvalue weighted by Crippen LogP contribution is -2.58. The van der Waals surface area contributed by atoms with Gasteiger partial charge in [0.15, 0.2) is 0 Å². The van der Waals surface area contributed by atoms with Crippen molar-refractivity contribution in [1.82, 2.24) is 15.3 Å². The number of carbonyl (C=O) groups is 1. The van der Waals surface area contributed by atoms with E-state index in [1.807, 2.05) is 19.1 Å². The summed E-state index contributed by atoms with van der Waals surface area (Å²) in [5, 5.41) is 6.67. The van der Waals surface area contributed by atoms with E-state index in [0.717, 1.165) is 30.2 Å². The van der Waals surface area contributed by atoms with Crippen molar-refractivity contribution in [3.8, 4) is 11.3 Å². The molecule has 1 aromatic carbocycles. The summed E-state index contributed by atoms with van der Waals surface area (Å²) < 4.78 is 0. The first kappa shape index (κ1) is 21.8. The minimum absolute atomic E-state index is 0.106. The van der Waals surface area contributed by atoms with Crippen molar-refractivity contribution in [3.63, 3.8) is 0 Å². The Hall–Kier alpha value is -2.43. The Morgan fingerprint density at radius 3 is 2.55 bits per heavy atom. The summed E-state index contributed by atoms with van der Waals surface area (Å²) in [5.74, 6) is 2.60. The van der Waals surface area contributed by atoms with Crippen LogP contribution >= 0.6 is 0 Å². The highest BCUT2D eigenvalue weighted by Gasteiger charge is 2.56. The Kier molecular flexibility index (Phi) is 5.80. The van der Waals surface area contributed by atoms with E-state index in [9.17, 15) is 4.79 Å². The maximum absolute atomic E-state index is 12.9. The maximum atomic E-state index is 12.9. The molecule has 5 atom stereocenters. The average Bonchev–Trinajstić information content (AvgIpc) is 2.75. The van der Waals surface area contributed by atoms with Gasteiger partial charge in [0.05, 0.1) is 11.3 Å². The lowest BCUT2D eigenvalue weighted by Gasteiger charge is -2.62. The fourth-order valence-electron chi connectivity index (χ4n) is 5.46. The number of nitrogens with zero attached hydrogens (tertiary/aromatic N) is 2. The minimum Gasteiger partial charge on any atom is -0.351 e. The number of benzene rings is 1. The van der Waals surface area contributed by atoms with Gasteiger partial charge >= 0.3 is 0 Å². The molecule has 166 valence electrons. The highest BCUT2D eigenvalue weighted by molar-refractivity contribution is 6.00. The van der Waals surface area contributed by atoms with Gasteiger partial charge in [-0.1, -0.05) is 57.5 Å². The number of rotatable bonds is 6. The first-order valence-corrected chi connectivity index (χ1v) is 11.7. The van der Waals surface area contributed by atoms with Crippen LogP contribution < -0.4 is 10.6 Å². The summed E-state index contributed by atoms with van der Waals surface area (Å²) in [7, 11) is 0. The Bertz CT molecular complexity index is 952. The summed E-state index contributed by atoms with van der Waals surface area (Å²) in [6.45, 7) is 13.3. The summed E-state index contributed by atoms with van der Waals surface area (Å²) >= 11 is 0. The fraction of sp³-hybridized carbons (Fsp3) is 0.577. The number of hydrogen-bond acceptors (Lipinski definition) is 4. The molecule has 2 N–H and O–H groups in total. The van der Waals surface area contributed by atoms with Crippen molar-refractivity contribution < 1.29 is 4.79 Å². The second-order valence-corrected chi connectivity index (χ2v) is 10.3. The molecule has 5 nitrogen and oxygen atoms in total. The molecule has 0 radical (unpaired) electrons. The standard InChI is InChI=1S/C26H36N4O/c1-7-16(3)28-24(31)20-14-27-25(30-23(20)18-10-8-15(2)9-11-18)29-22-13-19-12-21(17(22)4)26(19,5)6/h8-11,14,16-17,19,21-22H,7,12-13H2,1-6H3,(H,28,31)(H,27,29,30). The van der Waals surface area contributed by atoms with Gasteiger partial charge in [-0.05, 0) is 56.3 Å². The Morgan fingerprint density at radius 1 is 1.23 bits per heavy atom. The van der Waals surface area contributed by atoms with Gasteiger partial charge in [-0.25, -0.2) is 9.97 Å². The molecule has 31 heavy (non-hydrogen) atoms. The molecule has 3 fully saturated rings. The van der Waals surface area contributed by atoms with E-state index in [0.29, 0.717) is 34.6 Å². The number of fused-ring (bicyclic) bond motifs is 2. The van der Waals surface area contributed by atoms with E-state index in [1.165, 1.54) is 12.0 Å². The molecule has 3 aliphatic rings. The predicted molar refractivity (Wildman–Crippen MR) is 126 cm³/mol. The number of hydrogen-bond donors (Lipinski definition) is 2. The van der Waals surface area contributed by atoms with Gasteiger partial charge in [-0.3, -0.25) is 4.79 Å². The minimum atomic E-state index is -0.120. The predicted octanol–water partition coefficient (Wildman–Crippen LogP) is 5.46. The van der Waals surface area contributed by atoms with Crippen LogP contribution in [0.3, 0.4) is 0 Å². The van der Waals surface area contributed by atoms with E-state index < -0.39 is 0 Å². The van der Waals surface area contributed by atoms with Crippen LogP contribution in [0.5, 0.6) is 0 Å². The van der Waals surface area contributed by atoms with E-state index in [1.54, 1.807) is 6.20 Å². The van der Waals surface area contributed by atoms with Crippen LogP contribution in [-0.2, 0) is 0 Å². The Labute approximate surface area is 186 Å². The number of aromatic nitrogens is 2. The molecular formula is C26H36N4O. The molecule has 2 bridgehead atoms. The summed E-state index contributed by atoms with van der Waals surface area (Å²) in [4.78, 5) is 22.3. The van der Waals surface area contributed by atoms with Gasteiger partial charge in [0.1, 0.15) is 0 Å². The fourth-order valence-corrected chi connectivity index (χ4v) is 5.46. The van der Waals surface area contributed by atoms with Crippen LogP contribution in [0.1, 0.15) is 69.8 Å². The summed E-state index contributed by atoms with van der Waals surface area (Å²) in [6, 6.07) is 8.65. The molecule has 5 heteroatoms. The zero-order valence-corrected chi connectivity index (χ0v) is 19.7. The molecular weight excluding hydrogens is 384 g/mol. The average molecular weight is 421 g/mol. The summed E-state index contributed by atoms with van der Waals surface area (Å²) in [5.41, 5.74) is 3.77. The number of nitrogens with one attached hydrogen (secondary N) is 2. The third-order valence-corrected chi connectivity index (χ3v) is 8.02. The molecule has 1 heterocycles. The smallest absolute Gasteiger partial charge is 0.255 e. The first-order valence-electron chi connectivity index (χ1n) is 11.7. The van der Waals surface area contributed by atoms with E-state index >= 15 is 0 Å². The van der Waals surface area contributed by atoms with Crippen molar-refractivity contribution in [2.45, 2.75) is 72.9 Å². The van der Waals surface area contributed by atoms with Crippen molar-refractivity contribution >= 4 is 11.9 Å². The largest absolute Gasteiger partial charge is 0.351 e. The van der Waals surface area contributed by atoms with Gasteiger partial charge in [-0.2, -0.15) is 0 Å². The molecule has 2 aromatic rings. The van der Waals surface area contributed by atoms with Gasteiger partial charge in [-0.15, -0.1) is 0 Å². The monoisotopic (exact) mass is 420 g/mol. The highest BCUT2D eigenvalue weighted by Crippen LogP contribution is 2.61. The zero-order valence-electron chi connectivity index (χ0n) is 19.7. The van der Waals surface area contributed by atoms with Crippen LogP contribution in [0.4, 0.5) is 5.95 Å². The molecule has 0 spiro atoms. The van der Waals surface area contributed by atoms with Gasteiger partial charge in [0.2, 0.25) is 5.95 Å².